The van der Waals surface area contributed by atoms with Crippen LogP contribution in [-0.4, -0.2) is 19.3 Å². The molecule has 0 heterocycles. The normalized spacial score (nSPS) is 10.2. The molecule has 0 unspecified atom stereocenters. The summed E-state index contributed by atoms with van der Waals surface area (Å²) in [4.78, 5) is 0. The van der Waals surface area contributed by atoms with Crippen LogP contribution in [0.2, 0.25) is 0 Å². The maximum atomic E-state index is 9.12. The molecule has 4 heteroatoms. The van der Waals surface area contributed by atoms with E-state index in [0.717, 1.165) is 28.3 Å². The minimum Gasteiger partial charge on any atom is -0.493 e. The molecule has 0 atom stereocenters. The number of nitrogens with one attached hydrogen (secondary N) is 1. The Morgan fingerprint density at radius 2 is 1.75 bits per heavy atom. The Bertz CT molecular complexity index is 569. The van der Waals surface area contributed by atoms with Crippen LogP contribution in [0, 0.1) is 0 Å². The molecule has 0 fully saturated rings. The van der Waals surface area contributed by atoms with Gasteiger partial charge in [-0.3, -0.25) is 0 Å². The van der Waals surface area contributed by atoms with E-state index in [-0.39, 0.29) is 6.61 Å². The number of hydrogen-bond acceptors (Lipinski definition) is 4. The number of hydrogen-bond donors (Lipinski definition) is 2. The van der Waals surface area contributed by atoms with Gasteiger partial charge in [0.05, 0.1) is 20.8 Å². The Balaban J connectivity index is 2.06. The Morgan fingerprint density at radius 3 is 2.45 bits per heavy atom. The number of aliphatic hydroxyl groups excluding tert-OH is 1. The van der Waals surface area contributed by atoms with Gasteiger partial charge in [-0.25, -0.2) is 0 Å². The highest BCUT2D eigenvalue weighted by Gasteiger charge is 2.04. The number of ether oxygens (including phenoxy) is 2. The average Bonchev–Trinajstić information content (AvgIpc) is 2.52. The molecule has 2 rings (SSSR count). The quantitative estimate of drug-likeness (QED) is 0.849. The molecule has 106 valence electrons. The highest BCUT2D eigenvalue weighted by Crippen LogP contribution is 2.27. The Kier molecular flexibility index (Phi) is 4.85. The van der Waals surface area contributed by atoms with Gasteiger partial charge < -0.3 is 19.9 Å². The van der Waals surface area contributed by atoms with Gasteiger partial charge in [-0.05, 0) is 35.4 Å². The second kappa shape index (κ2) is 6.82. The SMILES string of the molecule is COc1ccc(CNc2cccc(CO)c2)cc1OC. The second-order valence-electron chi connectivity index (χ2n) is 4.40. The standard InChI is InChI=1S/C16H19NO3/c1-19-15-7-6-12(9-16(15)20-2)10-17-14-5-3-4-13(8-14)11-18/h3-9,17-18H,10-11H2,1-2H3. The van der Waals surface area contributed by atoms with E-state index in [9.17, 15) is 0 Å². The van der Waals surface area contributed by atoms with E-state index in [1.807, 2.05) is 42.5 Å². The molecule has 0 aliphatic carbocycles. The third-order valence-corrected chi connectivity index (χ3v) is 3.05. The largest absolute Gasteiger partial charge is 0.493 e. The Hall–Kier alpha value is -2.20. The summed E-state index contributed by atoms with van der Waals surface area (Å²) in [6, 6.07) is 13.5. The van der Waals surface area contributed by atoms with Crippen LogP contribution in [0.1, 0.15) is 11.1 Å². The molecule has 4 nitrogen and oxygen atoms in total. The zero-order valence-electron chi connectivity index (χ0n) is 11.7. The first-order valence-electron chi connectivity index (χ1n) is 6.41. The predicted molar refractivity (Wildman–Crippen MR) is 79.2 cm³/mol. The van der Waals surface area contributed by atoms with Gasteiger partial charge in [-0.1, -0.05) is 18.2 Å². The summed E-state index contributed by atoms with van der Waals surface area (Å²) >= 11 is 0. The van der Waals surface area contributed by atoms with E-state index in [4.69, 9.17) is 14.6 Å². The minimum atomic E-state index is 0.0475. The Labute approximate surface area is 119 Å². The fourth-order valence-electron chi connectivity index (χ4n) is 1.97. The summed E-state index contributed by atoms with van der Waals surface area (Å²) in [7, 11) is 3.25. The summed E-state index contributed by atoms with van der Waals surface area (Å²) in [5.41, 5.74) is 2.96. The molecular weight excluding hydrogens is 254 g/mol. The number of aliphatic hydroxyl groups is 1. The van der Waals surface area contributed by atoms with Crippen molar-refractivity contribution in [3.05, 3.63) is 53.6 Å². The maximum Gasteiger partial charge on any atom is 0.161 e. The summed E-state index contributed by atoms with van der Waals surface area (Å²) in [5, 5.41) is 12.4. The number of rotatable bonds is 6. The third-order valence-electron chi connectivity index (χ3n) is 3.05. The molecule has 2 aromatic rings. The predicted octanol–water partition coefficient (Wildman–Crippen LogP) is 2.81. The first kappa shape index (κ1) is 14.2. The second-order valence-corrected chi connectivity index (χ2v) is 4.40. The van der Waals surface area contributed by atoms with Gasteiger partial charge in [0.2, 0.25) is 0 Å². The van der Waals surface area contributed by atoms with Crippen molar-refractivity contribution in [2.45, 2.75) is 13.2 Å². The van der Waals surface area contributed by atoms with Crippen molar-refractivity contribution >= 4 is 5.69 Å². The molecular formula is C16H19NO3. The molecule has 0 bridgehead atoms. The van der Waals surface area contributed by atoms with E-state index in [1.165, 1.54) is 0 Å². The average molecular weight is 273 g/mol. The molecule has 0 aliphatic rings. The van der Waals surface area contributed by atoms with Gasteiger partial charge >= 0.3 is 0 Å². The van der Waals surface area contributed by atoms with Crippen molar-refractivity contribution in [3.63, 3.8) is 0 Å². The smallest absolute Gasteiger partial charge is 0.161 e. The van der Waals surface area contributed by atoms with E-state index < -0.39 is 0 Å². The molecule has 20 heavy (non-hydrogen) atoms. The van der Waals surface area contributed by atoms with Crippen molar-refractivity contribution in [2.75, 3.05) is 19.5 Å². The number of anilines is 1. The molecule has 0 amide bonds. The van der Waals surface area contributed by atoms with E-state index >= 15 is 0 Å². The molecule has 0 saturated carbocycles. The van der Waals surface area contributed by atoms with Crippen molar-refractivity contribution in [1.82, 2.24) is 0 Å². The summed E-state index contributed by atoms with van der Waals surface area (Å²) in [6.45, 7) is 0.723. The van der Waals surface area contributed by atoms with Gasteiger partial charge in [-0.15, -0.1) is 0 Å². The highest BCUT2D eigenvalue weighted by atomic mass is 16.5. The van der Waals surface area contributed by atoms with Gasteiger partial charge in [-0.2, -0.15) is 0 Å². The van der Waals surface area contributed by atoms with Crippen LogP contribution < -0.4 is 14.8 Å². The molecule has 2 N–H and O–H groups in total. The summed E-state index contributed by atoms with van der Waals surface area (Å²) in [6.07, 6.45) is 0. The lowest BCUT2D eigenvalue weighted by Gasteiger charge is -2.11. The minimum absolute atomic E-state index is 0.0475. The summed E-state index contributed by atoms with van der Waals surface area (Å²) < 4.78 is 10.5. The summed E-state index contributed by atoms with van der Waals surface area (Å²) in [5.74, 6) is 1.44. The lowest BCUT2D eigenvalue weighted by Crippen LogP contribution is -2.01. The third kappa shape index (κ3) is 3.42. The zero-order valence-corrected chi connectivity index (χ0v) is 11.7. The van der Waals surface area contributed by atoms with E-state index in [1.54, 1.807) is 14.2 Å². The monoisotopic (exact) mass is 273 g/mol. The lowest BCUT2D eigenvalue weighted by molar-refractivity contribution is 0.282. The van der Waals surface area contributed by atoms with Crippen molar-refractivity contribution in [2.24, 2.45) is 0 Å². The molecule has 0 aliphatic heterocycles. The van der Waals surface area contributed by atoms with Gasteiger partial charge in [0.25, 0.3) is 0 Å². The maximum absolute atomic E-state index is 9.12. The Morgan fingerprint density at radius 1 is 0.950 bits per heavy atom. The lowest BCUT2D eigenvalue weighted by atomic mass is 10.1. The molecule has 0 saturated heterocycles. The van der Waals surface area contributed by atoms with Crippen LogP contribution in [0.3, 0.4) is 0 Å². The van der Waals surface area contributed by atoms with Crippen LogP contribution >= 0.6 is 0 Å². The molecule has 0 radical (unpaired) electrons. The molecule has 0 aromatic heterocycles. The van der Waals surface area contributed by atoms with Crippen molar-refractivity contribution < 1.29 is 14.6 Å². The van der Waals surface area contributed by atoms with Crippen LogP contribution in [0.4, 0.5) is 5.69 Å². The first-order chi connectivity index (χ1) is 9.76. The molecule has 0 spiro atoms. The van der Waals surface area contributed by atoms with Gasteiger partial charge in [0.15, 0.2) is 11.5 Å². The first-order valence-corrected chi connectivity index (χ1v) is 6.41. The van der Waals surface area contributed by atoms with Crippen molar-refractivity contribution in [3.8, 4) is 11.5 Å². The van der Waals surface area contributed by atoms with E-state index in [0.29, 0.717) is 6.54 Å². The molecule has 2 aromatic carbocycles. The zero-order chi connectivity index (χ0) is 14.4. The van der Waals surface area contributed by atoms with Gasteiger partial charge in [0, 0.05) is 12.2 Å². The fourth-order valence-corrected chi connectivity index (χ4v) is 1.97. The van der Waals surface area contributed by atoms with Crippen LogP contribution in [0.5, 0.6) is 11.5 Å². The van der Waals surface area contributed by atoms with Gasteiger partial charge in [0.1, 0.15) is 0 Å². The van der Waals surface area contributed by atoms with Crippen LogP contribution in [0.15, 0.2) is 42.5 Å². The van der Waals surface area contributed by atoms with E-state index in [2.05, 4.69) is 5.32 Å². The number of benzene rings is 2. The topological polar surface area (TPSA) is 50.7 Å². The fraction of sp³-hybridized carbons (Fsp3) is 0.250. The number of methoxy groups -OCH3 is 2. The van der Waals surface area contributed by atoms with Crippen LogP contribution in [-0.2, 0) is 13.2 Å². The van der Waals surface area contributed by atoms with Crippen LogP contribution in [0.25, 0.3) is 0 Å². The van der Waals surface area contributed by atoms with Crippen molar-refractivity contribution in [1.29, 1.82) is 0 Å². The highest BCUT2D eigenvalue weighted by molar-refractivity contribution is 5.48.